The minimum absolute atomic E-state index is 0.196. The maximum atomic E-state index is 6.03. The van der Waals surface area contributed by atoms with Gasteiger partial charge in [0.15, 0.2) is 0 Å². The maximum absolute atomic E-state index is 6.03. The first-order chi connectivity index (χ1) is 8.65. The summed E-state index contributed by atoms with van der Waals surface area (Å²) in [5.74, 6) is 0.937. The highest BCUT2D eigenvalue weighted by atomic mass is 16.5. The number of anilines is 1. The summed E-state index contributed by atoms with van der Waals surface area (Å²) in [5, 5.41) is 3.58. The molecule has 3 heteroatoms. The number of benzene rings is 1. The van der Waals surface area contributed by atoms with Crippen molar-refractivity contribution in [1.29, 1.82) is 0 Å². The molecule has 18 heavy (non-hydrogen) atoms. The van der Waals surface area contributed by atoms with Crippen molar-refractivity contribution in [3.05, 3.63) is 24.3 Å². The average Bonchev–Trinajstić information content (AvgIpc) is 2.31. The summed E-state index contributed by atoms with van der Waals surface area (Å²) in [6, 6.07) is 8.97. The van der Waals surface area contributed by atoms with E-state index in [0.717, 1.165) is 24.3 Å². The Balaban J connectivity index is 2.03. The van der Waals surface area contributed by atoms with Crippen molar-refractivity contribution >= 4 is 5.69 Å². The van der Waals surface area contributed by atoms with E-state index in [0.29, 0.717) is 12.1 Å². The van der Waals surface area contributed by atoms with E-state index in [1.165, 1.54) is 12.8 Å². The van der Waals surface area contributed by atoms with E-state index in [-0.39, 0.29) is 6.10 Å². The highest BCUT2D eigenvalue weighted by Crippen LogP contribution is 2.28. The monoisotopic (exact) mass is 248 g/mol. The summed E-state index contributed by atoms with van der Waals surface area (Å²) < 4.78 is 5.82. The van der Waals surface area contributed by atoms with Crippen molar-refractivity contribution in [2.45, 2.75) is 57.7 Å². The molecule has 0 amide bonds. The topological polar surface area (TPSA) is 47.3 Å². The molecule has 0 saturated heterocycles. The number of rotatable bonds is 4. The molecule has 0 radical (unpaired) electrons. The van der Waals surface area contributed by atoms with Crippen LogP contribution in [0.5, 0.6) is 5.75 Å². The number of para-hydroxylation sites is 2. The van der Waals surface area contributed by atoms with Gasteiger partial charge in [-0.1, -0.05) is 12.1 Å². The van der Waals surface area contributed by atoms with Gasteiger partial charge < -0.3 is 15.8 Å². The van der Waals surface area contributed by atoms with Crippen LogP contribution in [0, 0.1) is 0 Å². The minimum atomic E-state index is 0.196. The fourth-order valence-corrected chi connectivity index (χ4v) is 2.52. The predicted molar refractivity (Wildman–Crippen MR) is 76.1 cm³/mol. The van der Waals surface area contributed by atoms with E-state index >= 15 is 0 Å². The van der Waals surface area contributed by atoms with Crippen molar-refractivity contribution in [1.82, 2.24) is 0 Å². The van der Waals surface area contributed by atoms with Gasteiger partial charge in [0.2, 0.25) is 0 Å². The Bertz CT molecular complexity index is 379. The molecule has 100 valence electrons. The summed E-state index contributed by atoms with van der Waals surface area (Å²) in [4.78, 5) is 0. The highest BCUT2D eigenvalue weighted by molar-refractivity contribution is 5.56. The van der Waals surface area contributed by atoms with Gasteiger partial charge in [-0.2, -0.15) is 0 Å². The molecule has 2 rings (SSSR count). The van der Waals surface area contributed by atoms with Gasteiger partial charge in [-0.25, -0.2) is 0 Å². The number of nitrogens with one attached hydrogen (secondary N) is 1. The fourth-order valence-electron chi connectivity index (χ4n) is 2.52. The first-order valence-corrected chi connectivity index (χ1v) is 6.93. The lowest BCUT2D eigenvalue weighted by atomic mass is 9.91. The Morgan fingerprint density at radius 3 is 2.78 bits per heavy atom. The maximum Gasteiger partial charge on any atom is 0.142 e. The second-order valence-corrected chi connectivity index (χ2v) is 5.43. The molecule has 1 aliphatic carbocycles. The molecule has 2 unspecified atom stereocenters. The second-order valence-electron chi connectivity index (χ2n) is 5.43. The zero-order valence-electron chi connectivity index (χ0n) is 11.4. The number of ether oxygens (including phenoxy) is 1. The molecular weight excluding hydrogens is 224 g/mol. The SMILES string of the molecule is CC(C)Oc1ccccc1NC1CCCC(N)C1. The smallest absolute Gasteiger partial charge is 0.142 e. The molecule has 3 nitrogen and oxygen atoms in total. The predicted octanol–water partition coefficient (Wildman–Crippen LogP) is 3.16. The van der Waals surface area contributed by atoms with Gasteiger partial charge in [-0.05, 0) is 51.7 Å². The summed E-state index contributed by atoms with van der Waals surface area (Å²) in [7, 11) is 0. The Kier molecular flexibility index (Phi) is 4.48. The van der Waals surface area contributed by atoms with Crippen LogP contribution in [-0.4, -0.2) is 18.2 Å². The van der Waals surface area contributed by atoms with Gasteiger partial charge in [0, 0.05) is 12.1 Å². The normalized spacial score (nSPS) is 24.0. The summed E-state index contributed by atoms with van der Waals surface area (Å²) in [6.07, 6.45) is 4.82. The molecule has 1 aliphatic rings. The van der Waals surface area contributed by atoms with Gasteiger partial charge in [0.05, 0.1) is 11.8 Å². The summed E-state index contributed by atoms with van der Waals surface area (Å²) in [6.45, 7) is 4.10. The van der Waals surface area contributed by atoms with Crippen molar-refractivity contribution in [3.63, 3.8) is 0 Å². The molecule has 1 fully saturated rings. The first-order valence-electron chi connectivity index (χ1n) is 6.93. The zero-order valence-corrected chi connectivity index (χ0v) is 11.4. The Morgan fingerprint density at radius 1 is 1.28 bits per heavy atom. The average molecular weight is 248 g/mol. The van der Waals surface area contributed by atoms with Gasteiger partial charge in [0.25, 0.3) is 0 Å². The van der Waals surface area contributed by atoms with E-state index in [1.807, 2.05) is 32.0 Å². The lowest BCUT2D eigenvalue weighted by molar-refractivity contribution is 0.243. The summed E-state index contributed by atoms with van der Waals surface area (Å²) in [5.41, 5.74) is 7.11. The van der Waals surface area contributed by atoms with Crippen LogP contribution in [-0.2, 0) is 0 Å². The third-order valence-electron chi connectivity index (χ3n) is 3.32. The third kappa shape index (κ3) is 3.64. The molecule has 1 aromatic rings. The van der Waals surface area contributed by atoms with Crippen LogP contribution in [0.4, 0.5) is 5.69 Å². The van der Waals surface area contributed by atoms with Crippen LogP contribution in [0.1, 0.15) is 39.5 Å². The molecular formula is C15H24N2O. The lowest BCUT2D eigenvalue weighted by Crippen LogP contribution is -2.35. The van der Waals surface area contributed by atoms with Gasteiger partial charge in [-0.15, -0.1) is 0 Å². The molecule has 0 bridgehead atoms. The summed E-state index contributed by atoms with van der Waals surface area (Å²) >= 11 is 0. The molecule has 2 atom stereocenters. The highest BCUT2D eigenvalue weighted by Gasteiger charge is 2.19. The van der Waals surface area contributed by atoms with Crippen LogP contribution < -0.4 is 15.8 Å². The number of hydrogen-bond donors (Lipinski definition) is 2. The van der Waals surface area contributed by atoms with E-state index < -0.39 is 0 Å². The van der Waals surface area contributed by atoms with Crippen LogP contribution in [0.2, 0.25) is 0 Å². The van der Waals surface area contributed by atoms with Crippen LogP contribution in [0.15, 0.2) is 24.3 Å². The Hall–Kier alpha value is -1.22. The van der Waals surface area contributed by atoms with Gasteiger partial charge in [-0.3, -0.25) is 0 Å². The van der Waals surface area contributed by atoms with Crippen molar-refractivity contribution in [2.75, 3.05) is 5.32 Å². The minimum Gasteiger partial charge on any atom is -0.489 e. The van der Waals surface area contributed by atoms with E-state index in [9.17, 15) is 0 Å². The standard InChI is InChI=1S/C15H24N2O/c1-11(2)18-15-9-4-3-8-14(15)17-13-7-5-6-12(16)10-13/h3-4,8-9,11-13,17H,5-7,10,16H2,1-2H3. The largest absolute Gasteiger partial charge is 0.489 e. The van der Waals surface area contributed by atoms with Crippen LogP contribution >= 0.6 is 0 Å². The molecule has 0 aromatic heterocycles. The molecule has 3 N–H and O–H groups in total. The molecule has 1 aromatic carbocycles. The zero-order chi connectivity index (χ0) is 13.0. The fraction of sp³-hybridized carbons (Fsp3) is 0.600. The first kappa shape index (κ1) is 13.2. The van der Waals surface area contributed by atoms with E-state index in [2.05, 4.69) is 11.4 Å². The number of hydrogen-bond acceptors (Lipinski definition) is 3. The van der Waals surface area contributed by atoms with Gasteiger partial charge in [0.1, 0.15) is 5.75 Å². The third-order valence-corrected chi connectivity index (χ3v) is 3.32. The number of nitrogens with two attached hydrogens (primary N) is 1. The molecule has 1 saturated carbocycles. The van der Waals surface area contributed by atoms with Crippen LogP contribution in [0.25, 0.3) is 0 Å². The Morgan fingerprint density at radius 2 is 2.06 bits per heavy atom. The van der Waals surface area contributed by atoms with Crippen molar-refractivity contribution < 1.29 is 4.74 Å². The Labute approximate surface area is 110 Å². The van der Waals surface area contributed by atoms with E-state index in [4.69, 9.17) is 10.5 Å². The van der Waals surface area contributed by atoms with E-state index in [1.54, 1.807) is 0 Å². The van der Waals surface area contributed by atoms with Crippen LogP contribution in [0.3, 0.4) is 0 Å². The quantitative estimate of drug-likeness (QED) is 0.860. The molecule has 0 aliphatic heterocycles. The van der Waals surface area contributed by atoms with Crippen molar-refractivity contribution in [3.8, 4) is 5.75 Å². The molecule has 0 spiro atoms. The lowest BCUT2D eigenvalue weighted by Gasteiger charge is -2.29. The van der Waals surface area contributed by atoms with Gasteiger partial charge >= 0.3 is 0 Å². The second kappa shape index (κ2) is 6.10. The molecule has 0 heterocycles. The van der Waals surface area contributed by atoms with Crippen molar-refractivity contribution in [2.24, 2.45) is 5.73 Å².